The van der Waals surface area contributed by atoms with Crippen molar-refractivity contribution in [1.82, 2.24) is 5.32 Å². The molecule has 0 amide bonds. The van der Waals surface area contributed by atoms with E-state index in [4.69, 9.17) is 11.6 Å². The lowest BCUT2D eigenvalue weighted by atomic mass is 10.0. The first kappa shape index (κ1) is 13.5. The van der Waals surface area contributed by atoms with E-state index in [2.05, 4.69) is 29.1 Å². The van der Waals surface area contributed by atoms with E-state index < -0.39 is 0 Å². The fourth-order valence-electron chi connectivity index (χ4n) is 1.97. The lowest BCUT2D eigenvalue weighted by Crippen LogP contribution is -2.23. The first-order chi connectivity index (χ1) is 8.70. The van der Waals surface area contributed by atoms with E-state index in [-0.39, 0.29) is 11.9 Å². The van der Waals surface area contributed by atoms with Gasteiger partial charge in [-0.25, -0.2) is 4.39 Å². The zero-order chi connectivity index (χ0) is 13.0. The Hall–Kier alpha value is -0.900. The van der Waals surface area contributed by atoms with Gasteiger partial charge in [0.1, 0.15) is 5.82 Å². The monoisotopic (exact) mass is 283 g/mol. The normalized spacial score (nSPS) is 12.6. The van der Waals surface area contributed by atoms with Gasteiger partial charge >= 0.3 is 0 Å². The molecule has 0 aliphatic carbocycles. The quantitative estimate of drug-likeness (QED) is 0.856. The Kier molecular flexibility index (Phi) is 4.75. The van der Waals surface area contributed by atoms with Gasteiger partial charge < -0.3 is 5.32 Å². The summed E-state index contributed by atoms with van der Waals surface area (Å²) < 4.78 is 13.1. The molecular formula is C14H15ClFNS. The third-order valence-electron chi connectivity index (χ3n) is 2.81. The van der Waals surface area contributed by atoms with Crippen LogP contribution in [0.2, 0.25) is 5.02 Å². The van der Waals surface area contributed by atoms with Crippen LogP contribution in [0.4, 0.5) is 4.39 Å². The number of benzene rings is 1. The lowest BCUT2D eigenvalue weighted by Gasteiger charge is -2.19. The maximum absolute atomic E-state index is 13.1. The molecule has 2 rings (SSSR count). The number of hydrogen-bond acceptors (Lipinski definition) is 2. The van der Waals surface area contributed by atoms with Gasteiger partial charge in [0, 0.05) is 11.1 Å². The maximum atomic E-state index is 13.1. The average molecular weight is 284 g/mol. The molecule has 1 nitrogen and oxygen atoms in total. The van der Waals surface area contributed by atoms with Crippen molar-refractivity contribution < 1.29 is 4.39 Å². The third kappa shape index (κ3) is 3.31. The number of halogens is 2. The highest BCUT2D eigenvalue weighted by Gasteiger charge is 2.15. The molecule has 96 valence electrons. The van der Waals surface area contributed by atoms with E-state index in [0.29, 0.717) is 5.02 Å². The van der Waals surface area contributed by atoms with Gasteiger partial charge in [-0.2, -0.15) is 11.3 Å². The summed E-state index contributed by atoms with van der Waals surface area (Å²) in [6.45, 7) is 2.90. The molecule has 18 heavy (non-hydrogen) atoms. The molecule has 0 bridgehead atoms. The minimum atomic E-state index is -0.297. The van der Waals surface area contributed by atoms with Crippen LogP contribution in [0.5, 0.6) is 0 Å². The Morgan fingerprint density at radius 1 is 1.39 bits per heavy atom. The smallest absolute Gasteiger partial charge is 0.124 e. The van der Waals surface area contributed by atoms with Gasteiger partial charge in [-0.15, -0.1) is 0 Å². The highest BCUT2D eigenvalue weighted by molar-refractivity contribution is 7.07. The van der Waals surface area contributed by atoms with Gasteiger partial charge in [-0.1, -0.05) is 24.6 Å². The predicted molar refractivity (Wildman–Crippen MR) is 75.9 cm³/mol. The van der Waals surface area contributed by atoms with Gasteiger partial charge in [-0.3, -0.25) is 0 Å². The highest BCUT2D eigenvalue weighted by Crippen LogP contribution is 2.27. The zero-order valence-corrected chi connectivity index (χ0v) is 11.7. The van der Waals surface area contributed by atoms with Crippen molar-refractivity contribution in [3.8, 4) is 0 Å². The van der Waals surface area contributed by atoms with Crippen molar-refractivity contribution in [3.63, 3.8) is 0 Å². The third-order valence-corrected chi connectivity index (χ3v) is 3.87. The number of hydrogen-bond donors (Lipinski definition) is 1. The molecular weight excluding hydrogens is 269 g/mol. The molecule has 1 aromatic carbocycles. The van der Waals surface area contributed by atoms with Crippen LogP contribution in [-0.4, -0.2) is 6.54 Å². The molecule has 0 spiro atoms. The molecule has 1 atom stereocenters. The SMILES string of the molecule is CCNC(Cc1ccsc1)c1ccc(F)cc1Cl. The Bertz CT molecular complexity index is 499. The first-order valence-corrected chi connectivity index (χ1v) is 7.22. The van der Waals surface area contributed by atoms with Crippen LogP contribution < -0.4 is 5.32 Å². The standard InChI is InChI=1S/C14H15ClFNS/c1-2-17-14(7-10-5-6-18-9-10)12-4-3-11(16)8-13(12)15/h3-6,8-9,14,17H,2,7H2,1H3. The maximum Gasteiger partial charge on any atom is 0.124 e. The molecule has 0 saturated carbocycles. The van der Waals surface area contributed by atoms with Crippen LogP contribution in [0.25, 0.3) is 0 Å². The predicted octanol–water partition coefficient (Wildman–Crippen LogP) is 4.43. The van der Waals surface area contributed by atoms with Crippen molar-refractivity contribution in [2.24, 2.45) is 0 Å². The number of rotatable bonds is 5. The van der Waals surface area contributed by atoms with E-state index in [1.807, 2.05) is 0 Å². The molecule has 0 fully saturated rings. The second kappa shape index (κ2) is 6.32. The van der Waals surface area contributed by atoms with E-state index in [9.17, 15) is 4.39 Å². The molecule has 0 saturated heterocycles. The fraction of sp³-hybridized carbons (Fsp3) is 0.286. The largest absolute Gasteiger partial charge is 0.310 e. The molecule has 0 aliphatic heterocycles. The second-order valence-corrected chi connectivity index (χ2v) is 5.30. The summed E-state index contributed by atoms with van der Waals surface area (Å²) >= 11 is 7.80. The summed E-state index contributed by atoms with van der Waals surface area (Å²) in [7, 11) is 0. The van der Waals surface area contributed by atoms with E-state index >= 15 is 0 Å². The van der Waals surface area contributed by atoms with E-state index in [1.54, 1.807) is 17.4 Å². The van der Waals surface area contributed by atoms with Crippen molar-refractivity contribution in [1.29, 1.82) is 0 Å². The summed E-state index contributed by atoms with van der Waals surface area (Å²) in [6.07, 6.45) is 0.864. The van der Waals surface area contributed by atoms with Crippen LogP contribution >= 0.6 is 22.9 Å². The zero-order valence-electron chi connectivity index (χ0n) is 10.1. The molecule has 0 radical (unpaired) electrons. The van der Waals surface area contributed by atoms with Crippen LogP contribution in [-0.2, 0) is 6.42 Å². The second-order valence-electron chi connectivity index (χ2n) is 4.11. The van der Waals surface area contributed by atoms with Crippen LogP contribution in [0.3, 0.4) is 0 Å². The van der Waals surface area contributed by atoms with Crippen LogP contribution in [0.1, 0.15) is 24.1 Å². The van der Waals surface area contributed by atoms with Crippen LogP contribution in [0, 0.1) is 5.82 Å². The van der Waals surface area contributed by atoms with Crippen LogP contribution in [0.15, 0.2) is 35.0 Å². The Morgan fingerprint density at radius 3 is 2.83 bits per heavy atom. The topological polar surface area (TPSA) is 12.0 Å². The van der Waals surface area contributed by atoms with Gasteiger partial charge in [0.15, 0.2) is 0 Å². The number of thiophene rings is 1. The summed E-state index contributed by atoms with van der Waals surface area (Å²) in [6, 6.07) is 6.82. The number of nitrogens with one attached hydrogen (secondary N) is 1. The van der Waals surface area contributed by atoms with Gasteiger partial charge in [-0.05, 0) is 53.1 Å². The van der Waals surface area contributed by atoms with Crippen molar-refractivity contribution in [3.05, 3.63) is 57.0 Å². The van der Waals surface area contributed by atoms with Gasteiger partial charge in [0.25, 0.3) is 0 Å². The van der Waals surface area contributed by atoms with E-state index in [1.165, 1.54) is 17.7 Å². The van der Waals surface area contributed by atoms with Gasteiger partial charge in [0.05, 0.1) is 0 Å². The summed E-state index contributed by atoms with van der Waals surface area (Å²) in [5, 5.41) is 8.06. The molecule has 1 unspecified atom stereocenters. The summed E-state index contributed by atoms with van der Waals surface area (Å²) in [5.74, 6) is -0.297. The fourth-order valence-corrected chi connectivity index (χ4v) is 2.95. The lowest BCUT2D eigenvalue weighted by molar-refractivity contribution is 0.548. The molecule has 0 aliphatic rings. The van der Waals surface area contributed by atoms with Crippen molar-refractivity contribution in [2.75, 3.05) is 6.54 Å². The minimum Gasteiger partial charge on any atom is -0.310 e. The average Bonchev–Trinajstić information content (AvgIpc) is 2.81. The molecule has 1 N–H and O–H groups in total. The van der Waals surface area contributed by atoms with Gasteiger partial charge in [0.2, 0.25) is 0 Å². The van der Waals surface area contributed by atoms with E-state index in [0.717, 1.165) is 18.5 Å². The van der Waals surface area contributed by atoms with Crippen molar-refractivity contribution in [2.45, 2.75) is 19.4 Å². The number of likely N-dealkylation sites (N-methyl/N-ethyl adjacent to an activating group) is 1. The highest BCUT2D eigenvalue weighted by atomic mass is 35.5. The summed E-state index contributed by atoms with van der Waals surface area (Å²) in [5.41, 5.74) is 2.22. The molecule has 1 aromatic heterocycles. The Morgan fingerprint density at radius 2 is 2.22 bits per heavy atom. The molecule has 4 heteroatoms. The molecule has 1 heterocycles. The first-order valence-electron chi connectivity index (χ1n) is 5.90. The Balaban J connectivity index is 2.23. The van der Waals surface area contributed by atoms with Crippen molar-refractivity contribution >= 4 is 22.9 Å². The minimum absolute atomic E-state index is 0.123. The summed E-state index contributed by atoms with van der Waals surface area (Å²) in [4.78, 5) is 0. The Labute approximate surface area is 116 Å². The molecule has 2 aromatic rings.